The summed E-state index contributed by atoms with van der Waals surface area (Å²) in [5.74, 6) is -0.772. The van der Waals surface area contributed by atoms with Gasteiger partial charge in [0.25, 0.3) is 10.2 Å². The van der Waals surface area contributed by atoms with Crippen LogP contribution < -0.4 is 0 Å². The van der Waals surface area contributed by atoms with Gasteiger partial charge < -0.3 is 19.5 Å². The number of aromatic hydroxyl groups is 1. The molecule has 1 aromatic rings. The SMILES string of the molecule is O=C(C=Cc1ccc(O)cc1)OCC(CO[N+](=O)[O-])O[N+](=O)[O-]. The lowest BCUT2D eigenvalue weighted by Gasteiger charge is -2.12. The van der Waals surface area contributed by atoms with E-state index < -0.39 is 35.5 Å². The zero-order valence-electron chi connectivity index (χ0n) is 11.6. The van der Waals surface area contributed by atoms with E-state index in [0.717, 1.165) is 6.08 Å². The van der Waals surface area contributed by atoms with Crippen LogP contribution in [0.5, 0.6) is 5.75 Å². The maximum Gasteiger partial charge on any atom is 0.330 e. The van der Waals surface area contributed by atoms with Crippen LogP contribution in [-0.2, 0) is 19.2 Å². The van der Waals surface area contributed by atoms with Gasteiger partial charge in [0.05, 0.1) is 0 Å². The molecule has 1 atom stereocenters. The van der Waals surface area contributed by atoms with Gasteiger partial charge in [0.15, 0.2) is 6.10 Å². The van der Waals surface area contributed by atoms with Gasteiger partial charge in [0, 0.05) is 6.08 Å². The Morgan fingerprint density at radius 3 is 2.39 bits per heavy atom. The van der Waals surface area contributed by atoms with Crippen molar-refractivity contribution in [3.8, 4) is 5.75 Å². The molecule has 1 aromatic carbocycles. The minimum Gasteiger partial charge on any atom is -0.508 e. The summed E-state index contributed by atoms with van der Waals surface area (Å²) in [6.07, 6.45) is 1.00. The fourth-order valence-electron chi connectivity index (χ4n) is 1.35. The highest BCUT2D eigenvalue weighted by Gasteiger charge is 2.17. The van der Waals surface area contributed by atoms with Crippen LogP contribution in [0.25, 0.3) is 6.08 Å². The Labute approximate surface area is 128 Å². The van der Waals surface area contributed by atoms with E-state index in [4.69, 9.17) is 5.11 Å². The molecule has 0 spiro atoms. The predicted molar refractivity (Wildman–Crippen MR) is 72.9 cm³/mol. The Morgan fingerprint density at radius 1 is 1.17 bits per heavy atom. The molecule has 0 bridgehead atoms. The molecular weight excluding hydrogens is 316 g/mol. The zero-order chi connectivity index (χ0) is 17.2. The van der Waals surface area contributed by atoms with Gasteiger partial charge in [-0.15, -0.1) is 20.2 Å². The number of ether oxygens (including phenoxy) is 1. The number of carbonyl (C=O) groups is 1. The van der Waals surface area contributed by atoms with Crippen LogP contribution in [0.15, 0.2) is 30.3 Å². The van der Waals surface area contributed by atoms with E-state index in [2.05, 4.69) is 14.4 Å². The molecule has 0 amide bonds. The molecule has 0 aromatic heterocycles. The second kappa shape index (κ2) is 8.81. The highest BCUT2D eigenvalue weighted by Crippen LogP contribution is 2.10. The molecule has 0 aliphatic carbocycles. The molecule has 0 aliphatic heterocycles. The van der Waals surface area contributed by atoms with E-state index >= 15 is 0 Å². The minimum absolute atomic E-state index is 0.0651. The van der Waals surface area contributed by atoms with Crippen molar-refractivity contribution in [3.63, 3.8) is 0 Å². The molecule has 1 unspecified atom stereocenters. The van der Waals surface area contributed by atoms with Crippen molar-refractivity contribution in [1.29, 1.82) is 0 Å². The molecule has 0 heterocycles. The molecule has 1 rings (SSSR count). The first-order valence-corrected chi connectivity index (χ1v) is 6.09. The number of phenols is 1. The molecule has 0 radical (unpaired) electrons. The molecule has 11 nitrogen and oxygen atoms in total. The van der Waals surface area contributed by atoms with Crippen LogP contribution in [0.2, 0.25) is 0 Å². The lowest BCUT2D eigenvalue weighted by atomic mass is 10.2. The normalized spacial score (nSPS) is 11.7. The van der Waals surface area contributed by atoms with Gasteiger partial charge in [-0.2, -0.15) is 0 Å². The molecule has 0 fully saturated rings. The van der Waals surface area contributed by atoms with Gasteiger partial charge in [0.1, 0.15) is 19.0 Å². The fraction of sp³-hybridized carbons (Fsp3) is 0.250. The standard InChI is InChI=1S/C12H12N2O9/c15-10-4-1-9(2-5-10)3-6-12(16)21-7-11(23-14(19)20)8-22-13(17)18/h1-6,11,15H,7-8H2. The Bertz CT molecular complexity index is 585. The van der Waals surface area contributed by atoms with E-state index in [9.17, 15) is 25.0 Å². The highest BCUT2D eigenvalue weighted by molar-refractivity contribution is 5.87. The number of rotatable bonds is 9. The van der Waals surface area contributed by atoms with Gasteiger partial charge in [-0.25, -0.2) is 4.79 Å². The van der Waals surface area contributed by atoms with Crippen molar-refractivity contribution in [2.45, 2.75) is 6.10 Å². The van der Waals surface area contributed by atoms with Crippen LogP contribution in [0, 0.1) is 20.2 Å². The van der Waals surface area contributed by atoms with Crippen molar-refractivity contribution in [2.24, 2.45) is 0 Å². The van der Waals surface area contributed by atoms with Crippen molar-refractivity contribution >= 4 is 12.0 Å². The Hall–Kier alpha value is -3.37. The summed E-state index contributed by atoms with van der Waals surface area (Å²) in [7, 11) is 0. The summed E-state index contributed by atoms with van der Waals surface area (Å²) in [5, 5.41) is 27.0. The van der Waals surface area contributed by atoms with E-state index in [-0.39, 0.29) is 5.75 Å². The van der Waals surface area contributed by atoms with E-state index in [0.29, 0.717) is 5.56 Å². The predicted octanol–water partition coefficient (Wildman–Crippen LogP) is 0.734. The Morgan fingerprint density at radius 2 is 1.83 bits per heavy atom. The van der Waals surface area contributed by atoms with Gasteiger partial charge in [-0.1, -0.05) is 12.1 Å². The third-order valence-electron chi connectivity index (χ3n) is 2.32. The van der Waals surface area contributed by atoms with Crippen LogP contribution in [0.1, 0.15) is 5.56 Å². The lowest BCUT2D eigenvalue weighted by molar-refractivity contribution is -0.790. The smallest absolute Gasteiger partial charge is 0.330 e. The summed E-state index contributed by atoms with van der Waals surface area (Å²) in [5.41, 5.74) is 0.606. The molecule has 0 aliphatic rings. The van der Waals surface area contributed by atoms with E-state index in [1.807, 2.05) is 0 Å². The average Bonchev–Trinajstić information content (AvgIpc) is 2.49. The number of carbonyl (C=O) groups excluding carboxylic acids is 1. The molecule has 0 saturated heterocycles. The number of phenolic OH excluding ortho intramolecular Hbond substituents is 1. The van der Waals surface area contributed by atoms with Crippen molar-refractivity contribution in [2.75, 3.05) is 13.2 Å². The van der Waals surface area contributed by atoms with Crippen LogP contribution in [0.4, 0.5) is 0 Å². The lowest BCUT2D eigenvalue weighted by Crippen LogP contribution is -2.30. The second-order valence-electron chi connectivity index (χ2n) is 4.03. The maximum atomic E-state index is 11.5. The highest BCUT2D eigenvalue weighted by atomic mass is 17.0. The maximum absolute atomic E-state index is 11.5. The zero-order valence-corrected chi connectivity index (χ0v) is 11.6. The number of benzene rings is 1. The Balaban J connectivity index is 2.48. The third-order valence-corrected chi connectivity index (χ3v) is 2.32. The van der Waals surface area contributed by atoms with Gasteiger partial charge in [-0.05, 0) is 23.8 Å². The minimum atomic E-state index is -1.43. The largest absolute Gasteiger partial charge is 0.508 e. The molecule has 124 valence electrons. The molecular formula is C12H12N2O9. The van der Waals surface area contributed by atoms with Crippen LogP contribution >= 0.6 is 0 Å². The first kappa shape index (κ1) is 17.7. The average molecular weight is 328 g/mol. The van der Waals surface area contributed by atoms with Crippen molar-refractivity contribution < 1.29 is 34.5 Å². The van der Waals surface area contributed by atoms with E-state index in [1.54, 1.807) is 12.1 Å². The number of hydrogen-bond donors (Lipinski definition) is 1. The number of esters is 1. The molecule has 1 N–H and O–H groups in total. The van der Waals surface area contributed by atoms with Gasteiger partial charge in [0.2, 0.25) is 0 Å². The quantitative estimate of drug-likeness (QED) is 0.299. The van der Waals surface area contributed by atoms with Crippen molar-refractivity contribution in [3.05, 3.63) is 56.1 Å². The van der Waals surface area contributed by atoms with Gasteiger partial charge >= 0.3 is 5.97 Å². The molecule has 0 saturated carbocycles. The summed E-state index contributed by atoms with van der Waals surface area (Å²) < 4.78 is 4.68. The first-order chi connectivity index (χ1) is 10.9. The summed E-state index contributed by atoms with van der Waals surface area (Å²) in [6, 6.07) is 5.92. The fourth-order valence-corrected chi connectivity index (χ4v) is 1.35. The second-order valence-corrected chi connectivity index (χ2v) is 4.03. The Kier molecular flexibility index (Phi) is 6.78. The first-order valence-electron chi connectivity index (χ1n) is 6.09. The molecule has 23 heavy (non-hydrogen) atoms. The van der Waals surface area contributed by atoms with Crippen molar-refractivity contribution in [1.82, 2.24) is 0 Å². The van der Waals surface area contributed by atoms with Crippen LogP contribution in [-0.4, -0.2) is 40.6 Å². The molecule has 11 heteroatoms. The topological polar surface area (TPSA) is 151 Å². The van der Waals surface area contributed by atoms with E-state index in [1.165, 1.54) is 18.2 Å². The summed E-state index contributed by atoms with van der Waals surface area (Å²) in [6.45, 7) is -1.36. The third kappa shape index (κ3) is 7.84. The number of nitrogens with zero attached hydrogens (tertiary/aromatic N) is 2. The summed E-state index contributed by atoms with van der Waals surface area (Å²) in [4.78, 5) is 39.7. The van der Waals surface area contributed by atoms with Crippen LogP contribution in [0.3, 0.4) is 0 Å². The summed E-state index contributed by atoms with van der Waals surface area (Å²) >= 11 is 0. The monoisotopic (exact) mass is 328 g/mol. The number of hydrogen-bond acceptors (Lipinski definition) is 9. The van der Waals surface area contributed by atoms with Gasteiger partial charge in [-0.3, -0.25) is 0 Å².